The molecule has 5 rings (SSSR count). The summed E-state index contributed by atoms with van der Waals surface area (Å²) < 4.78 is 11.5. The number of aromatic nitrogens is 2. The molecule has 0 spiro atoms. The molecule has 0 bridgehead atoms. The molecule has 182 valence electrons. The van der Waals surface area contributed by atoms with Gasteiger partial charge in [0.15, 0.2) is 11.4 Å². The first kappa shape index (κ1) is 22.9. The van der Waals surface area contributed by atoms with Crippen LogP contribution in [0.2, 0.25) is 0 Å². The molecule has 1 atom stereocenters. The van der Waals surface area contributed by atoms with E-state index in [1.54, 1.807) is 60.8 Å². The molecule has 3 amide bonds. The minimum absolute atomic E-state index is 0.0528. The van der Waals surface area contributed by atoms with E-state index in [9.17, 15) is 19.5 Å². The minimum Gasteiger partial charge on any atom is -0.497 e. The Hall–Kier alpha value is -4.86. The lowest BCUT2D eigenvalue weighted by Gasteiger charge is -2.27. The molecule has 1 fully saturated rings. The van der Waals surface area contributed by atoms with Gasteiger partial charge in [-0.3, -0.25) is 15.1 Å². The average molecular weight is 486 g/mol. The number of rotatable bonds is 6. The second kappa shape index (κ2) is 8.73. The molecule has 1 saturated heterocycles. The zero-order valence-electron chi connectivity index (χ0n) is 19.4. The number of carbonyl (C=O) groups is 3. The number of esters is 1. The third kappa shape index (κ3) is 3.78. The second-order valence-electron chi connectivity index (χ2n) is 8.35. The Bertz CT molecular complexity index is 1510. The molecule has 2 aromatic heterocycles. The van der Waals surface area contributed by atoms with Crippen LogP contribution in [0.1, 0.15) is 15.9 Å². The van der Waals surface area contributed by atoms with Crippen LogP contribution in [0.5, 0.6) is 11.6 Å². The number of urea groups is 1. The van der Waals surface area contributed by atoms with Gasteiger partial charge in [-0.1, -0.05) is 24.3 Å². The first-order chi connectivity index (χ1) is 17.3. The Labute approximate surface area is 205 Å². The van der Waals surface area contributed by atoms with E-state index in [-0.39, 0.29) is 12.4 Å². The summed E-state index contributed by atoms with van der Waals surface area (Å²) in [5.74, 6) is -0.493. The number of benzene rings is 2. The van der Waals surface area contributed by atoms with Crippen molar-refractivity contribution >= 4 is 28.7 Å². The Morgan fingerprint density at radius 2 is 1.86 bits per heavy atom. The highest BCUT2D eigenvalue weighted by atomic mass is 16.5. The van der Waals surface area contributed by atoms with Gasteiger partial charge in [0, 0.05) is 28.7 Å². The van der Waals surface area contributed by atoms with E-state index < -0.39 is 23.4 Å². The van der Waals surface area contributed by atoms with Crippen LogP contribution in [-0.4, -0.2) is 46.8 Å². The van der Waals surface area contributed by atoms with Crippen molar-refractivity contribution in [2.24, 2.45) is 0 Å². The third-order valence-electron chi connectivity index (χ3n) is 6.27. The van der Waals surface area contributed by atoms with Crippen LogP contribution in [0.25, 0.3) is 22.0 Å². The van der Waals surface area contributed by atoms with Gasteiger partial charge in [-0.2, -0.15) is 0 Å². The van der Waals surface area contributed by atoms with Gasteiger partial charge < -0.3 is 24.5 Å². The second-order valence-corrected chi connectivity index (χ2v) is 8.35. The Morgan fingerprint density at radius 1 is 1.08 bits per heavy atom. The van der Waals surface area contributed by atoms with Gasteiger partial charge in [0.25, 0.3) is 5.91 Å². The number of methoxy groups -OCH3 is 2. The van der Waals surface area contributed by atoms with Crippen LogP contribution in [-0.2, 0) is 21.6 Å². The smallest absolute Gasteiger partial charge is 0.337 e. The standard InChI is InChI=1S/C26H22N4O6/c1-35-19-8-5-17-13-30(22(31)20(17)12-19)14-26(24(33)28-25(34)29-26)18-6-3-15(4-7-18)21-11-16(9-10-27-21)23(32)36-2/h3-13,31H,14H2,1-2H3,(H2,28,29,33,34)/t26-/m0/s1. The lowest BCUT2D eigenvalue weighted by atomic mass is 9.88. The van der Waals surface area contributed by atoms with Gasteiger partial charge in [0.1, 0.15) is 5.75 Å². The van der Waals surface area contributed by atoms with Gasteiger partial charge in [-0.05, 0) is 35.9 Å². The minimum atomic E-state index is -1.46. The molecule has 36 heavy (non-hydrogen) atoms. The number of carbonyl (C=O) groups excluding carboxylic acids is 3. The number of imide groups is 1. The summed E-state index contributed by atoms with van der Waals surface area (Å²) in [6.45, 7) is -0.0528. The molecule has 0 saturated carbocycles. The van der Waals surface area contributed by atoms with Crippen molar-refractivity contribution in [3.63, 3.8) is 0 Å². The number of amides is 3. The van der Waals surface area contributed by atoms with Crippen LogP contribution in [0, 0.1) is 0 Å². The third-order valence-corrected chi connectivity index (χ3v) is 6.27. The largest absolute Gasteiger partial charge is 0.497 e. The van der Waals surface area contributed by atoms with Crippen molar-refractivity contribution in [3.8, 4) is 22.9 Å². The molecule has 10 heteroatoms. The normalized spacial score (nSPS) is 17.1. The molecular formula is C26H22N4O6. The molecule has 3 N–H and O–H groups in total. The summed E-state index contributed by atoms with van der Waals surface area (Å²) in [5.41, 5.74) is 0.645. The van der Waals surface area contributed by atoms with E-state index in [0.29, 0.717) is 33.5 Å². The molecule has 0 unspecified atom stereocenters. The molecule has 1 aliphatic heterocycles. The molecule has 4 aromatic rings. The van der Waals surface area contributed by atoms with Gasteiger partial charge in [-0.25, -0.2) is 9.59 Å². The van der Waals surface area contributed by atoms with Crippen LogP contribution in [0.15, 0.2) is 67.0 Å². The summed E-state index contributed by atoms with van der Waals surface area (Å²) in [7, 11) is 2.84. The van der Waals surface area contributed by atoms with Crippen molar-refractivity contribution in [2.45, 2.75) is 12.1 Å². The predicted octanol–water partition coefficient (Wildman–Crippen LogP) is 2.94. The summed E-state index contributed by atoms with van der Waals surface area (Å²) >= 11 is 0. The number of fused-ring (bicyclic) bond motifs is 1. The Balaban J connectivity index is 1.53. The number of nitrogens with zero attached hydrogens (tertiary/aromatic N) is 2. The number of pyridine rings is 1. The van der Waals surface area contributed by atoms with Crippen molar-refractivity contribution in [3.05, 3.63) is 78.1 Å². The van der Waals surface area contributed by atoms with Gasteiger partial charge in [-0.15, -0.1) is 0 Å². The van der Waals surface area contributed by atoms with Crippen LogP contribution in [0.4, 0.5) is 4.79 Å². The molecule has 10 nitrogen and oxygen atoms in total. The maximum atomic E-state index is 13.1. The van der Waals surface area contributed by atoms with E-state index in [2.05, 4.69) is 15.6 Å². The van der Waals surface area contributed by atoms with Crippen LogP contribution in [0.3, 0.4) is 0 Å². The van der Waals surface area contributed by atoms with Crippen molar-refractivity contribution in [1.82, 2.24) is 20.2 Å². The maximum Gasteiger partial charge on any atom is 0.337 e. The maximum absolute atomic E-state index is 13.1. The van der Waals surface area contributed by atoms with E-state index in [4.69, 9.17) is 9.47 Å². The highest BCUT2D eigenvalue weighted by molar-refractivity contribution is 6.07. The Morgan fingerprint density at radius 3 is 2.53 bits per heavy atom. The summed E-state index contributed by atoms with van der Waals surface area (Å²) in [6, 6.07) is 14.7. The molecule has 0 aliphatic carbocycles. The summed E-state index contributed by atoms with van der Waals surface area (Å²) in [6.07, 6.45) is 3.22. The van der Waals surface area contributed by atoms with Crippen LogP contribution >= 0.6 is 0 Å². The van der Waals surface area contributed by atoms with Gasteiger partial charge in [0.2, 0.25) is 0 Å². The van der Waals surface area contributed by atoms with E-state index in [0.717, 1.165) is 5.39 Å². The highest BCUT2D eigenvalue weighted by Gasteiger charge is 2.48. The molecule has 0 radical (unpaired) electrons. The predicted molar refractivity (Wildman–Crippen MR) is 130 cm³/mol. The number of aromatic hydroxyl groups is 1. The number of ether oxygens (including phenoxy) is 2. The topological polar surface area (TPSA) is 132 Å². The monoisotopic (exact) mass is 486 g/mol. The highest BCUT2D eigenvalue weighted by Crippen LogP contribution is 2.35. The number of hydrogen-bond donors (Lipinski definition) is 3. The molecule has 1 aliphatic rings. The fourth-order valence-electron chi connectivity index (χ4n) is 4.38. The average Bonchev–Trinajstić information content (AvgIpc) is 3.37. The number of nitrogens with one attached hydrogen (secondary N) is 2. The van der Waals surface area contributed by atoms with Crippen molar-refractivity contribution < 1.29 is 29.0 Å². The zero-order chi connectivity index (χ0) is 25.4. The van der Waals surface area contributed by atoms with Crippen LogP contribution < -0.4 is 15.4 Å². The van der Waals surface area contributed by atoms with E-state index in [1.165, 1.54) is 25.0 Å². The molecular weight excluding hydrogens is 464 g/mol. The zero-order valence-corrected chi connectivity index (χ0v) is 19.4. The van der Waals surface area contributed by atoms with Gasteiger partial charge >= 0.3 is 12.0 Å². The van der Waals surface area contributed by atoms with E-state index in [1.807, 2.05) is 0 Å². The van der Waals surface area contributed by atoms with Crippen molar-refractivity contribution in [2.75, 3.05) is 14.2 Å². The molecule has 2 aromatic carbocycles. The Kier molecular flexibility index (Phi) is 5.56. The lowest BCUT2D eigenvalue weighted by molar-refractivity contribution is -0.124. The van der Waals surface area contributed by atoms with E-state index >= 15 is 0 Å². The first-order valence-electron chi connectivity index (χ1n) is 11.0. The number of hydrogen-bond acceptors (Lipinski definition) is 7. The first-order valence-corrected chi connectivity index (χ1v) is 11.0. The quantitative estimate of drug-likeness (QED) is 0.282. The van der Waals surface area contributed by atoms with Crippen molar-refractivity contribution in [1.29, 1.82) is 0 Å². The van der Waals surface area contributed by atoms with Gasteiger partial charge in [0.05, 0.1) is 32.0 Å². The summed E-state index contributed by atoms with van der Waals surface area (Å²) in [5, 5.41) is 17.2. The SMILES string of the molecule is COC(=O)c1ccnc(-c2ccc([C@]3(Cn4cc5ccc(OC)cc5c4O)NC(=O)NC3=O)cc2)c1. The fraction of sp³-hybridized carbons (Fsp3) is 0.154. The molecule has 3 heterocycles. The summed E-state index contributed by atoms with van der Waals surface area (Å²) in [4.78, 5) is 41.5. The fourth-order valence-corrected chi connectivity index (χ4v) is 4.38. The lowest BCUT2D eigenvalue weighted by Crippen LogP contribution is -2.47.